The maximum atomic E-state index is 11.9. The van der Waals surface area contributed by atoms with Gasteiger partial charge in [0, 0.05) is 36.7 Å². The van der Waals surface area contributed by atoms with Crippen molar-refractivity contribution < 1.29 is 9.53 Å². The molecule has 0 aliphatic heterocycles. The topological polar surface area (TPSA) is 125 Å². The van der Waals surface area contributed by atoms with Crippen LogP contribution in [0, 0.1) is 0 Å². The second-order valence-corrected chi connectivity index (χ2v) is 7.45. The summed E-state index contributed by atoms with van der Waals surface area (Å²) in [5.41, 5.74) is 4.38. The van der Waals surface area contributed by atoms with Gasteiger partial charge in [-0.15, -0.1) is 0 Å². The fourth-order valence-corrected chi connectivity index (χ4v) is 3.58. The molecule has 1 atom stereocenters. The summed E-state index contributed by atoms with van der Waals surface area (Å²) in [4.78, 5) is 37.5. The highest BCUT2D eigenvalue weighted by atomic mass is 16.5. The normalized spacial score (nSPS) is 11.8. The average Bonchev–Trinajstić information content (AvgIpc) is 3.20. The van der Waals surface area contributed by atoms with Crippen LogP contribution in [0.1, 0.15) is 28.8 Å². The number of hydrogen-bond donors (Lipinski definition) is 4. The summed E-state index contributed by atoms with van der Waals surface area (Å²) < 4.78 is 5.51. The molecule has 2 heterocycles. The molecule has 0 saturated heterocycles. The van der Waals surface area contributed by atoms with Crippen LogP contribution in [-0.2, 0) is 0 Å². The molecule has 0 saturated carbocycles. The Bertz CT molecular complexity index is 1330. The highest BCUT2D eigenvalue weighted by Gasteiger charge is 2.15. The molecule has 0 fully saturated rings. The van der Waals surface area contributed by atoms with Gasteiger partial charge >= 0.3 is 5.69 Å². The lowest BCUT2D eigenvalue weighted by atomic mass is 9.98. The molecule has 2 aromatic carbocycles. The van der Waals surface area contributed by atoms with E-state index in [1.807, 2.05) is 30.3 Å². The molecule has 4 rings (SSSR count). The number of nitrogens with one attached hydrogen (secondary N) is 4. The Hall–Kier alpha value is -4.14. The van der Waals surface area contributed by atoms with E-state index in [0.717, 1.165) is 27.9 Å². The molecule has 32 heavy (non-hydrogen) atoms. The predicted octanol–water partition coefficient (Wildman–Crippen LogP) is 2.90. The number of aromatic nitrogens is 4. The molecule has 0 aliphatic rings. The minimum Gasteiger partial charge on any atom is -0.496 e. The second kappa shape index (κ2) is 8.93. The highest BCUT2D eigenvalue weighted by Crippen LogP contribution is 2.28. The largest absolute Gasteiger partial charge is 0.496 e. The van der Waals surface area contributed by atoms with E-state index in [4.69, 9.17) is 4.74 Å². The summed E-state index contributed by atoms with van der Waals surface area (Å²) in [6.07, 6.45) is 1.51. The van der Waals surface area contributed by atoms with Gasteiger partial charge < -0.3 is 25.3 Å². The first-order chi connectivity index (χ1) is 15.5. The van der Waals surface area contributed by atoms with Gasteiger partial charge in [0.15, 0.2) is 0 Å². The van der Waals surface area contributed by atoms with Gasteiger partial charge in [-0.2, -0.15) is 0 Å². The minimum absolute atomic E-state index is 0.100. The van der Waals surface area contributed by atoms with E-state index in [2.05, 4.69) is 37.5 Å². The van der Waals surface area contributed by atoms with E-state index in [1.165, 1.54) is 6.33 Å². The quantitative estimate of drug-likeness (QED) is 0.356. The molecule has 9 heteroatoms. The smallest absolute Gasteiger partial charge is 0.323 e. The fourth-order valence-electron chi connectivity index (χ4n) is 3.58. The molecule has 4 aromatic rings. The number of amides is 1. The van der Waals surface area contributed by atoms with Gasteiger partial charge in [-0.05, 0) is 29.8 Å². The number of carbonyl (C=O) groups is 1. The Morgan fingerprint density at radius 2 is 1.91 bits per heavy atom. The zero-order valence-electron chi connectivity index (χ0n) is 18.0. The molecular formula is C23H24N6O3. The van der Waals surface area contributed by atoms with Gasteiger partial charge in [0.1, 0.15) is 17.9 Å². The Balaban J connectivity index is 1.50. The molecule has 0 spiro atoms. The second-order valence-electron chi connectivity index (χ2n) is 7.45. The number of ether oxygens (including phenoxy) is 1. The first kappa shape index (κ1) is 21.1. The van der Waals surface area contributed by atoms with Gasteiger partial charge in [-0.25, -0.2) is 14.8 Å². The van der Waals surface area contributed by atoms with Crippen LogP contribution in [0.4, 0.5) is 5.82 Å². The molecular weight excluding hydrogens is 408 g/mol. The SMILES string of the molecule is CNC(=O)c1ccc(C(C)CNc2cc(-c3ccc4[nH]c(=O)[nH]c4c3)ncn2)c(OC)c1. The number of carbonyl (C=O) groups excluding carboxylic acids is 1. The Morgan fingerprint density at radius 3 is 2.69 bits per heavy atom. The Kier molecular flexibility index (Phi) is 5.89. The maximum absolute atomic E-state index is 11.9. The number of rotatable bonds is 7. The summed E-state index contributed by atoms with van der Waals surface area (Å²) in [5, 5.41) is 5.96. The van der Waals surface area contributed by atoms with Gasteiger partial charge in [0.05, 0.1) is 23.8 Å². The van der Waals surface area contributed by atoms with Crippen LogP contribution in [0.25, 0.3) is 22.3 Å². The molecule has 0 aliphatic carbocycles. The molecule has 9 nitrogen and oxygen atoms in total. The lowest BCUT2D eigenvalue weighted by molar-refractivity contribution is 0.0962. The number of methoxy groups -OCH3 is 1. The van der Waals surface area contributed by atoms with E-state index in [1.54, 1.807) is 26.3 Å². The van der Waals surface area contributed by atoms with Crippen LogP contribution >= 0.6 is 0 Å². The van der Waals surface area contributed by atoms with Crippen LogP contribution in [0.2, 0.25) is 0 Å². The third-order valence-electron chi connectivity index (χ3n) is 5.32. The minimum atomic E-state index is -0.241. The molecule has 164 valence electrons. The highest BCUT2D eigenvalue weighted by molar-refractivity contribution is 5.94. The zero-order chi connectivity index (χ0) is 22.7. The summed E-state index contributed by atoms with van der Waals surface area (Å²) in [6.45, 7) is 2.68. The van der Waals surface area contributed by atoms with Crippen molar-refractivity contribution >= 4 is 22.8 Å². The molecule has 2 aromatic heterocycles. The predicted molar refractivity (Wildman–Crippen MR) is 123 cm³/mol. The summed E-state index contributed by atoms with van der Waals surface area (Å²) in [5.74, 6) is 1.29. The number of aromatic amines is 2. The first-order valence-electron chi connectivity index (χ1n) is 10.2. The molecule has 1 unspecified atom stereocenters. The van der Waals surface area contributed by atoms with E-state index >= 15 is 0 Å². The van der Waals surface area contributed by atoms with Crippen LogP contribution in [0.15, 0.2) is 53.6 Å². The Labute approximate surface area is 184 Å². The molecule has 0 radical (unpaired) electrons. The van der Waals surface area contributed by atoms with Crippen molar-refractivity contribution in [2.24, 2.45) is 0 Å². The molecule has 4 N–H and O–H groups in total. The third kappa shape index (κ3) is 4.31. The number of H-pyrrole nitrogens is 2. The lowest BCUT2D eigenvalue weighted by Gasteiger charge is -2.17. The maximum Gasteiger partial charge on any atom is 0.323 e. The monoisotopic (exact) mass is 432 g/mol. The van der Waals surface area contributed by atoms with Crippen molar-refractivity contribution in [1.82, 2.24) is 25.3 Å². The average molecular weight is 432 g/mol. The first-order valence-corrected chi connectivity index (χ1v) is 10.2. The van der Waals surface area contributed by atoms with Gasteiger partial charge in [0.2, 0.25) is 0 Å². The number of hydrogen-bond acceptors (Lipinski definition) is 6. The van der Waals surface area contributed by atoms with Crippen molar-refractivity contribution in [3.05, 3.63) is 70.4 Å². The zero-order valence-corrected chi connectivity index (χ0v) is 18.0. The number of benzene rings is 2. The van der Waals surface area contributed by atoms with Crippen molar-refractivity contribution in [3.63, 3.8) is 0 Å². The van der Waals surface area contributed by atoms with Crippen molar-refractivity contribution in [3.8, 4) is 17.0 Å². The fraction of sp³-hybridized carbons (Fsp3) is 0.217. The van der Waals surface area contributed by atoms with Crippen LogP contribution in [0.3, 0.4) is 0 Å². The van der Waals surface area contributed by atoms with Gasteiger partial charge in [-0.1, -0.05) is 19.1 Å². The molecule has 0 bridgehead atoms. The Morgan fingerprint density at radius 1 is 1.09 bits per heavy atom. The van der Waals surface area contributed by atoms with Crippen LogP contribution in [0.5, 0.6) is 5.75 Å². The van der Waals surface area contributed by atoms with E-state index < -0.39 is 0 Å². The number of fused-ring (bicyclic) bond motifs is 1. The molecule has 1 amide bonds. The number of nitrogens with zero attached hydrogens (tertiary/aromatic N) is 2. The standard InChI is InChI=1S/C23H24N6O3/c1-13(16-6-4-15(22(30)24-2)9-20(16)32-3)11-25-21-10-18(26-12-27-21)14-5-7-17-19(8-14)29-23(31)28-17/h4-10,12-13H,11H2,1-3H3,(H,24,30)(H,25,26,27)(H2,28,29,31). The lowest BCUT2D eigenvalue weighted by Crippen LogP contribution is -2.18. The van der Waals surface area contributed by atoms with Gasteiger partial charge in [-0.3, -0.25) is 4.79 Å². The van der Waals surface area contributed by atoms with Crippen molar-refractivity contribution in [2.75, 3.05) is 26.0 Å². The third-order valence-corrected chi connectivity index (χ3v) is 5.32. The van der Waals surface area contributed by atoms with Crippen LogP contribution in [-0.4, -0.2) is 46.5 Å². The number of anilines is 1. The number of imidazole rings is 1. The summed E-state index contributed by atoms with van der Waals surface area (Å²) in [7, 11) is 3.19. The van der Waals surface area contributed by atoms with Gasteiger partial charge in [0.25, 0.3) is 5.91 Å². The van der Waals surface area contributed by atoms with Crippen LogP contribution < -0.4 is 21.1 Å². The van der Waals surface area contributed by atoms with E-state index in [0.29, 0.717) is 23.7 Å². The van der Waals surface area contributed by atoms with E-state index in [9.17, 15) is 9.59 Å². The van der Waals surface area contributed by atoms with E-state index in [-0.39, 0.29) is 17.5 Å². The van der Waals surface area contributed by atoms with Crippen molar-refractivity contribution in [1.29, 1.82) is 0 Å². The summed E-state index contributed by atoms with van der Waals surface area (Å²) >= 11 is 0. The summed E-state index contributed by atoms with van der Waals surface area (Å²) in [6, 6.07) is 12.9. The van der Waals surface area contributed by atoms with Crippen molar-refractivity contribution in [2.45, 2.75) is 12.8 Å².